The quantitative estimate of drug-likeness (QED) is 0.214. The third kappa shape index (κ3) is 7.10. The van der Waals surface area contributed by atoms with Gasteiger partial charge >= 0.3 is 0 Å². The van der Waals surface area contributed by atoms with Gasteiger partial charge in [0.1, 0.15) is 5.75 Å². The smallest absolute Gasteiger partial charge is 0.247 e. The van der Waals surface area contributed by atoms with E-state index in [-0.39, 0.29) is 17.7 Å². The first-order valence-corrected chi connectivity index (χ1v) is 14.5. The van der Waals surface area contributed by atoms with E-state index in [0.29, 0.717) is 40.4 Å². The second-order valence-corrected chi connectivity index (χ2v) is 11.3. The van der Waals surface area contributed by atoms with Gasteiger partial charge in [-0.25, -0.2) is 18.1 Å². The summed E-state index contributed by atoms with van der Waals surface area (Å²) in [7, 11) is 3.91. The van der Waals surface area contributed by atoms with Gasteiger partial charge in [-0.2, -0.15) is 4.98 Å². The Morgan fingerprint density at radius 3 is 2.56 bits per heavy atom. The Morgan fingerprint density at radius 2 is 1.88 bits per heavy atom. The zero-order valence-corrected chi connectivity index (χ0v) is 24.4. The highest BCUT2D eigenvalue weighted by atomic mass is 32.2. The van der Waals surface area contributed by atoms with Gasteiger partial charge in [-0.3, -0.25) is 9.52 Å². The van der Waals surface area contributed by atoms with E-state index in [4.69, 9.17) is 4.74 Å². The minimum Gasteiger partial charge on any atom is -0.494 e. The van der Waals surface area contributed by atoms with E-state index in [0.717, 1.165) is 18.5 Å². The third-order valence-corrected chi connectivity index (χ3v) is 6.59. The number of nitrogens with zero attached hydrogens (tertiary/aromatic N) is 6. The number of nitrogens with one attached hydrogen (secondary N) is 3. The van der Waals surface area contributed by atoms with Crippen LogP contribution in [0, 0.1) is 0 Å². The molecule has 3 N–H and O–H groups in total. The molecule has 0 bridgehead atoms. The van der Waals surface area contributed by atoms with Gasteiger partial charge in [0.25, 0.3) is 0 Å². The number of ether oxygens (including phenoxy) is 1. The molecular weight excluding hydrogens is 546 g/mol. The second-order valence-electron chi connectivity index (χ2n) is 9.50. The third-order valence-electron chi connectivity index (χ3n) is 6.03. The molecule has 13 nitrogen and oxygen atoms in total. The van der Waals surface area contributed by atoms with Crippen LogP contribution in [-0.2, 0) is 14.8 Å². The van der Waals surface area contributed by atoms with Crippen molar-refractivity contribution >= 4 is 55.7 Å². The molecular formula is C27H33N9O4S. The van der Waals surface area contributed by atoms with Crippen molar-refractivity contribution in [2.24, 2.45) is 0 Å². The van der Waals surface area contributed by atoms with Crippen molar-refractivity contribution in [1.29, 1.82) is 0 Å². The summed E-state index contributed by atoms with van der Waals surface area (Å²) in [5.41, 5.74) is 2.47. The normalized spacial score (nSPS) is 11.4. The number of benzene rings is 2. The number of methoxy groups -OCH3 is 1. The van der Waals surface area contributed by atoms with Crippen LogP contribution < -0.4 is 25.0 Å². The fourth-order valence-electron chi connectivity index (χ4n) is 4.05. The van der Waals surface area contributed by atoms with Crippen molar-refractivity contribution < 1.29 is 17.9 Å². The highest BCUT2D eigenvalue weighted by Crippen LogP contribution is 2.38. The van der Waals surface area contributed by atoms with E-state index in [9.17, 15) is 13.2 Å². The largest absolute Gasteiger partial charge is 0.494 e. The van der Waals surface area contributed by atoms with E-state index in [1.807, 2.05) is 44.2 Å². The lowest BCUT2D eigenvalue weighted by atomic mass is 10.2. The van der Waals surface area contributed by atoms with Crippen molar-refractivity contribution in [2.45, 2.75) is 0 Å². The number of hydrogen-bond acceptors (Lipinski definition) is 10. The molecule has 0 atom stereocenters. The molecule has 0 spiro atoms. The van der Waals surface area contributed by atoms with Crippen molar-refractivity contribution in [3.8, 4) is 11.6 Å². The molecule has 14 heteroatoms. The number of amides is 1. The number of hydrogen-bond donors (Lipinski definition) is 3. The average Bonchev–Trinajstić information content (AvgIpc) is 3.29. The second kappa shape index (κ2) is 12.2. The number of likely N-dealkylation sites (N-methyl/N-ethyl adjacent to an activating group) is 2. The molecule has 0 saturated heterocycles. The lowest BCUT2D eigenvalue weighted by molar-refractivity contribution is -0.111. The Balaban J connectivity index is 1.73. The Labute approximate surface area is 238 Å². The topological polar surface area (TPSA) is 147 Å². The molecule has 1 amide bonds. The van der Waals surface area contributed by atoms with Crippen molar-refractivity contribution in [3.63, 3.8) is 0 Å². The van der Waals surface area contributed by atoms with Gasteiger partial charge in [0.05, 0.1) is 35.9 Å². The lowest BCUT2D eigenvalue weighted by Gasteiger charge is -2.26. The van der Waals surface area contributed by atoms with E-state index in [1.54, 1.807) is 37.6 Å². The first-order chi connectivity index (χ1) is 19.5. The molecule has 41 heavy (non-hydrogen) atoms. The van der Waals surface area contributed by atoms with Crippen LogP contribution >= 0.6 is 0 Å². The van der Waals surface area contributed by atoms with Crippen LogP contribution in [0.15, 0.2) is 61.3 Å². The Hall–Kier alpha value is -4.69. The minimum atomic E-state index is -3.55. The molecule has 0 aliphatic rings. The number of fused-ring (bicyclic) bond motifs is 1. The fraction of sp³-hybridized carbons (Fsp3) is 0.259. The number of rotatable bonds is 12. The molecule has 0 radical (unpaired) electrons. The van der Waals surface area contributed by atoms with Crippen LogP contribution in [0.2, 0.25) is 0 Å². The summed E-state index contributed by atoms with van der Waals surface area (Å²) in [5.74, 6) is 0.971. The Morgan fingerprint density at radius 1 is 1.12 bits per heavy atom. The summed E-state index contributed by atoms with van der Waals surface area (Å²) in [6.07, 6.45) is 3.83. The number of carbonyl (C=O) groups is 1. The van der Waals surface area contributed by atoms with Crippen LogP contribution in [0.25, 0.3) is 16.7 Å². The average molecular weight is 580 g/mol. The maximum absolute atomic E-state index is 12.3. The first kappa shape index (κ1) is 29.3. The molecule has 0 unspecified atom stereocenters. The molecule has 0 aliphatic carbocycles. The van der Waals surface area contributed by atoms with Crippen molar-refractivity contribution in [3.05, 3.63) is 61.3 Å². The summed E-state index contributed by atoms with van der Waals surface area (Å²) in [6, 6.07) is 12.4. The van der Waals surface area contributed by atoms with Gasteiger partial charge in [-0.05, 0) is 38.4 Å². The van der Waals surface area contributed by atoms with Crippen molar-refractivity contribution in [2.75, 3.05) is 67.9 Å². The molecule has 4 aromatic rings. The molecule has 0 fully saturated rings. The first-order valence-electron chi connectivity index (χ1n) is 12.6. The number of para-hydroxylation sites is 1. The predicted octanol–water partition coefficient (Wildman–Crippen LogP) is 3.06. The highest BCUT2D eigenvalue weighted by Gasteiger charge is 2.18. The molecule has 0 saturated carbocycles. The maximum Gasteiger partial charge on any atom is 0.247 e. The van der Waals surface area contributed by atoms with E-state index in [1.165, 1.54) is 10.8 Å². The van der Waals surface area contributed by atoms with Gasteiger partial charge in [0, 0.05) is 43.9 Å². The Kier molecular flexibility index (Phi) is 8.74. The van der Waals surface area contributed by atoms with E-state index in [2.05, 4.69) is 41.9 Å². The summed E-state index contributed by atoms with van der Waals surface area (Å²) >= 11 is 0. The van der Waals surface area contributed by atoms with Gasteiger partial charge in [-0.15, -0.1) is 5.10 Å². The van der Waals surface area contributed by atoms with Crippen LogP contribution in [0.3, 0.4) is 0 Å². The van der Waals surface area contributed by atoms with Crippen LogP contribution in [0.5, 0.6) is 5.75 Å². The van der Waals surface area contributed by atoms with Crippen LogP contribution in [0.4, 0.5) is 28.8 Å². The number of sulfonamides is 1. The van der Waals surface area contributed by atoms with Gasteiger partial charge in [0.15, 0.2) is 11.6 Å². The zero-order chi connectivity index (χ0) is 29.7. The number of anilines is 5. The SMILES string of the molecule is C=CC(=O)Nc1cc(Nc2nccc(-n3nc(NS(C)(=O)=O)c4ccccc43)n2)c(OC)cc1N(C)CCN(C)C. The lowest BCUT2D eigenvalue weighted by Crippen LogP contribution is -2.29. The summed E-state index contributed by atoms with van der Waals surface area (Å²) < 4.78 is 33.5. The molecule has 4 rings (SSSR count). The molecule has 2 aromatic heterocycles. The molecule has 216 valence electrons. The van der Waals surface area contributed by atoms with E-state index >= 15 is 0 Å². The summed E-state index contributed by atoms with van der Waals surface area (Å²) in [5, 5.41) is 11.1. The fourth-order valence-corrected chi connectivity index (χ4v) is 4.55. The summed E-state index contributed by atoms with van der Waals surface area (Å²) in [4.78, 5) is 25.3. The summed E-state index contributed by atoms with van der Waals surface area (Å²) in [6.45, 7) is 5.07. The van der Waals surface area contributed by atoms with Gasteiger partial charge in [0.2, 0.25) is 21.9 Å². The van der Waals surface area contributed by atoms with Crippen LogP contribution in [0.1, 0.15) is 0 Å². The van der Waals surface area contributed by atoms with Gasteiger partial charge in [-0.1, -0.05) is 18.7 Å². The molecule has 0 aliphatic heterocycles. The standard InChI is InChI=1S/C27H33N9O4S/c1-7-25(37)29-19-16-20(23(40-5)17-22(19)35(4)15-14-34(2)3)30-27-28-13-12-24(31-27)36-21-11-9-8-10-18(21)26(32-36)33-41(6,38)39/h7-13,16-17H,1,14-15H2,2-6H3,(H,29,37)(H,32,33)(H,28,30,31). The molecule has 2 aromatic carbocycles. The maximum atomic E-state index is 12.3. The minimum absolute atomic E-state index is 0.189. The monoisotopic (exact) mass is 579 g/mol. The van der Waals surface area contributed by atoms with Gasteiger partial charge < -0.3 is 25.2 Å². The highest BCUT2D eigenvalue weighted by molar-refractivity contribution is 7.92. The zero-order valence-electron chi connectivity index (χ0n) is 23.5. The molecule has 2 heterocycles. The van der Waals surface area contributed by atoms with Crippen LogP contribution in [-0.4, -0.2) is 86.6 Å². The predicted molar refractivity (Wildman–Crippen MR) is 162 cm³/mol. The van der Waals surface area contributed by atoms with E-state index < -0.39 is 10.0 Å². The van der Waals surface area contributed by atoms with Crippen molar-refractivity contribution in [1.82, 2.24) is 24.6 Å². The number of aromatic nitrogens is 4. The Bertz CT molecular complexity index is 1690. The number of carbonyl (C=O) groups excluding carboxylic acids is 1.